The number of nitrogens with two attached hydrogens (primary N) is 1. The molecule has 3 heterocycles. The molecule has 6 rings (SSSR count). The third-order valence-corrected chi connectivity index (χ3v) is 8.54. The number of hydrogen-bond acceptors (Lipinski definition) is 6. The minimum atomic E-state index is -1.09. The van der Waals surface area contributed by atoms with Gasteiger partial charge in [-0.25, -0.2) is 9.78 Å². The van der Waals surface area contributed by atoms with Gasteiger partial charge in [0.05, 0.1) is 16.9 Å². The lowest BCUT2D eigenvalue weighted by Gasteiger charge is -2.32. The van der Waals surface area contributed by atoms with Crippen molar-refractivity contribution >= 4 is 51.0 Å². The summed E-state index contributed by atoms with van der Waals surface area (Å²) in [5.41, 5.74) is 8.96. The predicted molar refractivity (Wildman–Crippen MR) is 169 cm³/mol. The molecule has 0 spiro atoms. The first-order chi connectivity index (χ1) is 20.7. The van der Waals surface area contributed by atoms with Crippen molar-refractivity contribution < 1.29 is 14.7 Å². The highest BCUT2D eigenvalue weighted by Gasteiger charge is 2.28. The molecule has 43 heavy (non-hydrogen) atoms. The Balaban J connectivity index is 1.32. The van der Waals surface area contributed by atoms with E-state index < -0.39 is 5.97 Å². The van der Waals surface area contributed by atoms with E-state index in [1.165, 1.54) is 6.07 Å². The lowest BCUT2D eigenvalue weighted by atomic mass is 9.95. The second-order valence-corrected chi connectivity index (χ2v) is 11.9. The van der Waals surface area contributed by atoms with E-state index in [4.69, 9.17) is 16.1 Å². The second kappa shape index (κ2) is 11.5. The molecule has 10 nitrogen and oxygen atoms in total. The Morgan fingerprint density at radius 3 is 2.53 bits per heavy atom. The number of carboxylic acid groups (broad SMARTS) is 1. The van der Waals surface area contributed by atoms with Gasteiger partial charge in [-0.1, -0.05) is 38.1 Å². The fraction of sp³-hybridized carbons (Fsp3) is 0.364. The van der Waals surface area contributed by atoms with Crippen LogP contribution in [0.3, 0.4) is 0 Å². The molecule has 4 aromatic rings. The van der Waals surface area contributed by atoms with Gasteiger partial charge in [-0.05, 0) is 59.9 Å². The standard InChI is InChI=1S/C33H37N7O3/c1-19(2)31-38-29-26(33(42)43)16-25(37-32(41)22-9-12-39(13-10-22)28-4-3-11-36-28)17-27(29)40(31)18-20-5-6-21-7-8-23(30(34)35)15-24(21)14-20/h5-8,14-17,19,22H,3-4,9-13,18H2,1-2H3,(H3,34,35)(H,37,41)(H,42,43). The molecule has 0 unspecified atom stereocenters. The number of piperidine rings is 1. The zero-order chi connectivity index (χ0) is 30.2. The third-order valence-electron chi connectivity index (χ3n) is 8.54. The van der Waals surface area contributed by atoms with Crippen molar-refractivity contribution in [3.8, 4) is 0 Å². The molecule has 5 N–H and O–H groups in total. The van der Waals surface area contributed by atoms with Crippen LogP contribution in [0.15, 0.2) is 53.5 Å². The molecule has 2 aliphatic rings. The number of carbonyl (C=O) groups excluding carboxylic acids is 1. The monoisotopic (exact) mass is 579 g/mol. The number of aromatic nitrogens is 2. The van der Waals surface area contributed by atoms with Crippen LogP contribution in [0.2, 0.25) is 0 Å². The van der Waals surface area contributed by atoms with E-state index in [0.29, 0.717) is 28.8 Å². The lowest BCUT2D eigenvalue weighted by molar-refractivity contribution is -0.121. The van der Waals surface area contributed by atoms with E-state index in [0.717, 1.165) is 73.3 Å². The normalized spacial score (nSPS) is 15.8. The molecule has 1 saturated heterocycles. The summed E-state index contributed by atoms with van der Waals surface area (Å²) in [6.45, 7) is 7.03. The largest absolute Gasteiger partial charge is 0.478 e. The summed E-state index contributed by atoms with van der Waals surface area (Å²) in [5.74, 6) is 0.654. The van der Waals surface area contributed by atoms with Gasteiger partial charge in [0, 0.05) is 55.7 Å². The van der Waals surface area contributed by atoms with Crippen molar-refractivity contribution in [2.45, 2.75) is 52.0 Å². The fourth-order valence-corrected chi connectivity index (χ4v) is 6.25. The fourth-order valence-electron chi connectivity index (χ4n) is 6.25. The number of fused-ring (bicyclic) bond motifs is 2. The first-order valence-electron chi connectivity index (χ1n) is 14.9. The average molecular weight is 580 g/mol. The molecular weight excluding hydrogens is 542 g/mol. The maximum Gasteiger partial charge on any atom is 0.338 e. The molecule has 222 valence electrons. The summed E-state index contributed by atoms with van der Waals surface area (Å²) in [7, 11) is 0. The molecule has 0 aliphatic carbocycles. The third kappa shape index (κ3) is 5.69. The van der Waals surface area contributed by atoms with Crippen LogP contribution < -0.4 is 11.1 Å². The second-order valence-electron chi connectivity index (χ2n) is 11.9. The number of likely N-dealkylation sites (tertiary alicyclic amines) is 1. The summed E-state index contributed by atoms with van der Waals surface area (Å²) in [5, 5.41) is 23.0. The lowest BCUT2D eigenvalue weighted by Crippen LogP contribution is -2.40. The Morgan fingerprint density at radius 2 is 1.86 bits per heavy atom. The van der Waals surface area contributed by atoms with Crippen LogP contribution >= 0.6 is 0 Å². The number of amides is 1. The van der Waals surface area contributed by atoms with Gasteiger partial charge in [-0.15, -0.1) is 0 Å². The number of anilines is 1. The molecule has 1 amide bonds. The number of rotatable bonds is 7. The summed E-state index contributed by atoms with van der Waals surface area (Å²) in [4.78, 5) is 37.4. The van der Waals surface area contributed by atoms with Crippen LogP contribution in [0.4, 0.5) is 5.69 Å². The number of carbonyl (C=O) groups is 2. The molecular formula is C33H37N7O3. The Bertz CT molecular complexity index is 1780. The van der Waals surface area contributed by atoms with Gasteiger partial charge < -0.3 is 25.6 Å². The molecule has 0 saturated carbocycles. The number of nitrogens with zero attached hydrogens (tertiary/aromatic N) is 4. The Morgan fingerprint density at radius 1 is 1.09 bits per heavy atom. The topological polar surface area (TPSA) is 150 Å². The quantitative estimate of drug-likeness (QED) is 0.175. The van der Waals surface area contributed by atoms with Crippen LogP contribution in [-0.2, 0) is 11.3 Å². The van der Waals surface area contributed by atoms with Crippen LogP contribution in [0.5, 0.6) is 0 Å². The number of hydrogen-bond donors (Lipinski definition) is 4. The number of nitrogen functional groups attached to an aromatic ring is 1. The SMILES string of the molecule is CC(C)c1nc2c(C(=O)O)cc(NC(=O)C3CCN(C4=NCCC4)CC3)cc2n1Cc1ccc2ccc(C(=N)N)cc2c1. The minimum absolute atomic E-state index is 0.0135. The molecule has 10 heteroatoms. The molecule has 0 bridgehead atoms. The highest BCUT2D eigenvalue weighted by atomic mass is 16.4. The Hall–Kier alpha value is -4.73. The number of imidazole rings is 1. The number of carboxylic acids is 1. The van der Waals surface area contributed by atoms with Gasteiger partial charge in [0.1, 0.15) is 17.2 Å². The van der Waals surface area contributed by atoms with Crippen molar-refractivity contribution in [1.29, 1.82) is 5.41 Å². The van der Waals surface area contributed by atoms with Crippen molar-refractivity contribution in [2.24, 2.45) is 16.6 Å². The van der Waals surface area contributed by atoms with Crippen molar-refractivity contribution in [3.63, 3.8) is 0 Å². The van der Waals surface area contributed by atoms with Gasteiger partial charge in [0.2, 0.25) is 5.91 Å². The maximum absolute atomic E-state index is 13.3. The van der Waals surface area contributed by atoms with Crippen molar-refractivity contribution in [3.05, 3.63) is 71.0 Å². The smallest absolute Gasteiger partial charge is 0.338 e. The van der Waals surface area contributed by atoms with E-state index in [1.807, 2.05) is 54.8 Å². The summed E-state index contributed by atoms with van der Waals surface area (Å²) < 4.78 is 2.04. The van der Waals surface area contributed by atoms with E-state index in [-0.39, 0.29) is 29.1 Å². The zero-order valence-electron chi connectivity index (χ0n) is 24.6. The van der Waals surface area contributed by atoms with Gasteiger partial charge in [0.25, 0.3) is 0 Å². The summed E-state index contributed by atoms with van der Waals surface area (Å²) >= 11 is 0. The Kier molecular flexibility index (Phi) is 7.60. The van der Waals surface area contributed by atoms with Gasteiger partial charge in [0.15, 0.2) is 0 Å². The van der Waals surface area contributed by atoms with E-state index in [1.54, 1.807) is 0 Å². The van der Waals surface area contributed by atoms with E-state index in [9.17, 15) is 14.7 Å². The van der Waals surface area contributed by atoms with Crippen LogP contribution in [0.25, 0.3) is 21.8 Å². The maximum atomic E-state index is 13.3. The van der Waals surface area contributed by atoms with Crippen LogP contribution in [0, 0.1) is 11.3 Å². The number of nitrogens with one attached hydrogen (secondary N) is 2. The molecule has 1 aromatic heterocycles. The van der Waals surface area contributed by atoms with Crippen LogP contribution in [0.1, 0.15) is 72.8 Å². The summed E-state index contributed by atoms with van der Waals surface area (Å²) in [6.07, 6.45) is 3.59. The highest BCUT2D eigenvalue weighted by molar-refractivity contribution is 6.05. The van der Waals surface area contributed by atoms with Gasteiger partial charge in [-0.3, -0.25) is 15.2 Å². The van der Waals surface area contributed by atoms with Crippen molar-refractivity contribution in [2.75, 3.05) is 25.0 Å². The first kappa shape index (κ1) is 28.4. The molecule has 0 atom stereocenters. The molecule has 1 fully saturated rings. The molecule has 2 aliphatic heterocycles. The van der Waals surface area contributed by atoms with Gasteiger partial charge >= 0.3 is 5.97 Å². The van der Waals surface area contributed by atoms with Crippen LogP contribution in [-0.4, -0.2) is 62.7 Å². The average Bonchev–Trinajstić information content (AvgIpc) is 3.65. The number of aliphatic imine (C=N–C) groups is 1. The first-order valence-corrected chi connectivity index (χ1v) is 14.9. The van der Waals surface area contributed by atoms with Gasteiger partial charge in [-0.2, -0.15) is 0 Å². The Labute approximate surface area is 250 Å². The van der Waals surface area contributed by atoms with E-state index >= 15 is 0 Å². The number of aromatic carboxylic acids is 1. The minimum Gasteiger partial charge on any atom is -0.478 e. The van der Waals surface area contributed by atoms with Crippen molar-refractivity contribution in [1.82, 2.24) is 14.5 Å². The molecule has 3 aromatic carbocycles. The predicted octanol–water partition coefficient (Wildman–Crippen LogP) is 5.19. The molecule has 0 radical (unpaired) electrons. The van der Waals surface area contributed by atoms with E-state index in [2.05, 4.69) is 21.3 Å². The zero-order valence-corrected chi connectivity index (χ0v) is 24.6. The summed E-state index contributed by atoms with van der Waals surface area (Å²) in [6, 6.07) is 15.2. The number of benzene rings is 3. The number of amidine groups is 2. The highest BCUT2D eigenvalue weighted by Crippen LogP contribution is 2.31.